The van der Waals surface area contributed by atoms with Crippen LogP contribution in [0.15, 0.2) is 18.3 Å². The summed E-state index contributed by atoms with van der Waals surface area (Å²) in [5.74, 6) is 0.609. The van der Waals surface area contributed by atoms with Crippen molar-refractivity contribution in [3.8, 4) is 10.3 Å². The Morgan fingerprint density at radius 2 is 2.17 bits per heavy atom. The Kier molecular flexibility index (Phi) is 4.27. The van der Waals surface area contributed by atoms with Gasteiger partial charge in [-0.25, -0.2) is 4.98 Å². The van der Waals surface area contributed by atoms with Gasteiger partial charge in [0, 0.05) is 12.6 Å². The van der Waals surface area contributed by atoms with Gasteiger partial charge in [-0.3, -0.25) is 4.79 Å². The first-order valence-electron chi connectivity index (χ1n) is 7.59. The van der Waals surface area contributed by atoms with E-state index < -0.39 is 0 Å². The number of thiazole rings is 1. The number of amides is 1. The molecule has 3 aliphatic heterocycles. The average molecular weight is 370 g/mol. The molecule has 3 fully saturated rings. The van der Waals surface area contributed by atoms with Crippen molar-refractivity contribution in [3.63, 3.8) is 0 Å². The van der Waals surface area contributed by atoms with Gasteiger partial charge < -0.3 is 15.0 Å². The lowest BCUT2D eigenvalue weighted by Crippen LogP contribution is -2.57. The van der Waals surface area contributed by atoms with Crippen LogP contribution in [0.3, 0.4) is 0 Å². The number of aromatic nitrogens is 1. The first kappa shape index (κ1) is 15.4. The number of thiophene rings is 1. The molecular formula is C15H16ClN3O2S2. The monoisotopic (exact) mass is 369 g/mol. The van der Waals surface area contributed by atoms with E-state index in [4.69, 9.17) is 16.3 Å². The fraction of sp³-hybridized carbons (Fsp3) is 0.467. The van der Waals surface area contributed by atoms with E-state index in [1.807, 2.05) is 0 Å². The summed E-state index contributed by atoms with van der Waals surface area (Å²) in [5, 5.41) is 4.32. The van der Waals surface area contributed by atoms with Crippen LogP contribution in [0, 0.1) is 5.92 Å². The minimum absolute atomic E-state index is 0.0132. The minimum Gasteiger partial charge on any atom is -0.420 e. The zero-order chi connectivity index (χ0) is 15.8. The Hall–Kier alpha value is -1.15. The topological polar surface area (TPSA) is 54.5 Å². The first-order chi connectivity index (χ1) is 11.2. The van der Waals surface area contributed by atoms with Crippen molar-refractivity contribution < 1.29 is 9.53 Å². The highest BCUT2D eigenvalue weighted by atomic mass is 35.5. The number of fused-ring (bicyclic) bond motifs is 3. The lowest BCUT2D eigenvalue weighted by molar-refractivity contribution is 0.0622. The summed E-state index contributed by atoms with van der Waals surface area (Å²) in [7, 11) is 0. The molecule has 0 aliphatic carbocycles. The van der Waals surface area contributed by atoms with Gasteiger partial charge in [-0.15, -0.1) is 0 Å². The zero-order valence-corrected chi connectivity index (χ0v) is 14.7. The Balaban J connectivity index is 1.39. The molecule has 5 rings (SSSR count). The van der Waals surface area contributed by atoms with Crippen LogP contribution >= 0.6 is 34.3 Å². The van der Waals surface area contributed by atoms with Gasteiger partial charge in [0.2, 0.25) is 0 Å². The van der Waals surface area contributed by atoms with E-state index >= 15 is 0 Å². The van der Waals surface area contributed by atoms with Crippen molar-refractivity contribution in [2.75, 3.05) is 19.6 Å². The van der Waals surface area contributed by atoms with Crippen molar-refractivity contribution in [1.82, 2.24) is 15.2 Å². The molecule has 8 heteroatoms. The minimum atomic E-state index is -0.0132. The van der Waals surface area contributed by atoms with Gasteiger partial charge in [0.25, 0.3) is 11.1 Å². The molecule has 1 amide bonds. The van der Waals surface area contributed by atoms with Gasteiger partial charge in [-0.2, -0.15) is 0 Å². The lowest BCUT2D eigenvalue weighted by Gasteiger charge is -2.44. The highest BCUT2D eigenvalue weighted by molar-refractivity contribution is 7.18. The predicted octanol–water partition coefficient (Wildman–Crippen LogP) is 3.47. The molecule has 0 aromatic carbocycles. The van der Waals surface area contributed by atoms with E-state index in [1.54, 1.807) is 18.3 Å². The number of piperidine rings is 3. The van der Waals surface area contributed by atoms with Gasteiger partial charge in [0.1, 0.15) is 4.34 Å². The van der Waals surface area contributed by atoms with Crippen molar-refractivity contribution >= 4 is 40.2 Å². The molecule has 2 aromatic rings. The van der Waals surface area contributed by atoms with E-state index in [1.165, 1.54) is 48.6 Å². The van der Waals surface area contributed by atoms with Gasteiger partial charge in [0.15, 0.2) is 5.06 Å². The van der Waals surface area contributed by atoms with Crippen LogP contribution in [0.25, 0.3) is 0 Å². The third kappa shape index (κ3) is 3.38. The molecule has 2 bridgehead atoms. The summed E-state index contributed by atoms with van der Waals surface area (Å²) in [4.78, 5) is 19.6. The predicted molar refractivity (Wildman–Crippen MR) is 91.9 cm³/mol. The van der Waals surface area contributed by atoms with Gasteiger partial charge in [-0.05, 0) is 44.0 Å². The molecule has 0 saturated carbocycles. The van der Waals surface area contributed by atoms with Crippen molar-refractivity contribution in [3.05, 3.63) is 27.5 Å². The summed E-state index contributed by atoms with van der Waals surface area (Å²) in [6.45, 7) is 3.32. The van der Waals surface area contributed by atoms with Gasteiger partial charge in [-0.1, -0.05) is 34.3 Å². The number of carbonyl (C=O) groups is 1. The molecule has 0 spiro atoms. The second-order valence-electron chi connectivity index (χ2n) is 5.87. The van der Waals surface area contributed by atoms with Crippen molar-refractivity contribution in [2.24, 2.45) is 5.92 Å². The van der Waals surface area contributed by atoms with Gasteiger partial charge >= 0.3 is 0 Å². The van der Waals surface area contributed by atoms with Crippen molar-refractivity contribution in [1.29, 1.82) is 0 Å². The Morgan fingerprint density at radius 1 is 1.35 bits per heavy atom. The van der Waals surface area contributed by atoms with E-state index in [2.05, 4.69) is 15.2 Å². The molecule has 3 saturated heterocycles. The van der Waals surface area contributed by atoms with Crippen molar-refractivity contribution in [2.45, 2.75) is 18.9 Å². The maximum atomic E-state index is 12.5. The lowest BCUT2D eigenvalue weighted by atomic mass is 9.84. The number of nitrogens with zero attached hydrogens (tertiary/aromatic N) is 2. The SMILES string of the molecule is O=C(N[C@H]1CN2CCC1CC2)c1ccc(Oc2ncc(Cl)s2)s1. The molecule has 1 N–H and O–H groups in total. The highest BCUT2D eigenvalue weighted by Gasteiger charge is 2.35. The van der Waals surface area contributed by atoms with Crippen LogP contribution in [0.4, 0.5) is 0 Å². The largest absolute Gasteiger partial charge is 0.420 e. The summed E-state index contributed by atoms with van der Waals surface area (Å²) in [6.07, 6.45) is 3.93. The third-order valence-electron chi connectivity index (χ3n) is 4.42. The number of hydrogen-bond donors (Lipinski definition) is 1. The second-order valence-corrected chi connectivity index (χ2v) is 8.54. The Labute approximate surface area is 147 Å². The number of nitrogens with one attached hydrogen (secondary N) is 1. The molecule has 0 radical (unpaired) electrons. The second kappa shape index (κ2) is 6.39. The summed E-state index contributed by atoms with van der Waals surface area (Å²) < 4.78 is 6.20. The normalized spacial score (nSPS) is 26.2. The molecule has 3 aliphatic rings. The number of ether oxygens (including phenoxy) is 1. The number of hydrogen-bond acceptors (Lipinski definition) is 6. The van der Waals surface area contributed by atoms with E-state index in [9.17, 15) is 4.79 Å². The van der Waals surface area contributed by atoms with Crippen LogP contribution in [-0.2, 0) is 0 Å². The maximum Gasteiger partial charge on any atom is 0.280 e. The molecule has 2 aromatic heterocycles. The fourth-order valence-electron chi connectivity index (χ4n) is 3.24. The number of halogens is 1. The maximum absolute atomic E-state index is 12.5. The Morgan fingerprint density at radius 3 is 2.83 bits per heavy atom. The van der Waals surface area contributed by atoms with E-state index in [0.717, 1.165) is 6.54 Å². The summed E-state index contributed by atoms with van der Waals surface area (Å²) >= 11 is 8.43. The smallest absolute Gasteiger partial charge is 0.280 e. The van der Waals surface area contributed by atoms with Crippen LogP contribution in [0.2, 0.25) is 4.34 Å². The molecule has 0 unspecified atom stereocenters. The van der Waals surface area contributed by atoms with Crippen LogP contribution < -0.4 is 10.1 Å². The summed E-state index contributed by atoms with van der Waals surface area (Å²) in [5.41, 5.74) is 0. The first-order valence-corrected chi connectivity index (χ1v) is 9.61. The average Bonchev–Trinajstić information content (AvgIpc) is 3.18. The molecule has 1 atom stereocenters. The molecule has 5 nitrogen and oxygen atoms in total. The highest BCUT2D eigenvalue weighted by Crippen LogP contribution is 2.34. The fourth-order valence-corrected chi connectivity index (χ4v) is 4.81. The van der Waals surface area contributed by atoms with E-state index in [0.29, 0.717) is 25.4 Å². The molecule has 122 valence electrons. The standard InChI is InChI=1S/C15H16ClN3O2S2/c16-12-7-17-15(23-12)21-13-2-1-11(22-13)14(20)18-10-8-19-5-3-9(10)4-6-19/h1-2,7,9-10H,3-6,8H2,(H,18,20)/t10-/m0/s1. The van der Waals surface area contributed by atoms with E-state index in [-0.39, 0.29) is 11.9 Å². The number of carbonyl (C=O) groups excluding carboxylic acids is 1. The molecular weight excluding hydrogens is 354 g/mol. The Bertz CT molecular complexity index is 709. The molecule has 23 heavy (non-hydrogen) atoms. The van der Waals surface area contributed by atoms with Gasteiger partial charge in [0.05, 0.1) is 11.1 Å². The van der Waals surface area contributed by atoms with Crippen LogP contribution in [-0.4, -0.2) is 41.5 Å². The quantitative estimate of drug-likeness (QED) is 0.896. The number of rotatable bonds is 4. The van der Waals surface area contributed by atoms with Crippen LogP contribution in [0.1, 0.15) is 22.5 Å². The zero-order valence-electron chi connectivity index (χ0n) is 12.3. The van der Waals surface area contributed by atoms with Crippen LogP contribution in [0.5, 0.6) is 10.3 Å². The molecule has 5 heterocycles. The third-order valence-corrected chi connectivity index (χ3v) is 6.38. The summed E-state index contributed by atoms with van der Waals surface area (Å²) in [6, 6.07) is 3.87.